The molecule has 0 atom stereocenters. The third-order valence-corrected chi connectivity index (χ3v) is 15.0. The highest BCUT2D eigenvalue weighted by atomic mass is 32.1. The zero-order valence-corrected chi connectivity index (χ0v) is 37.5. The molecule has 0 bridgehead atoms. The van der Waals surface area contributed by atoms with Gasteiger partial charge in [-0.25, -0.2) is 15.0 Å². The highest BCUT2D eigenvalue weighted by Crippen LogP contribution is 2.36. The van der Waals surface area contributed by atoms with Crippen molar-refractivity contribution < 1.29 is 0 Å². The summed E-state index contributed by atoms with van der Waals surface area (Å²) in [5, 5.41) is 2.67. The van der Waals surface area contributed by atoms with Crippen LogP contribution in [0.5, 0.6) is 0 Å². The third-order valence-electron chi connectivity index (χ3n) is 13.6. The minimum atomic E-state index is 0.664. The molecular weight excluding hydrogens is 734 g/mol. The molecule has 0 aliphatic heterocycles. The van der Waals surface area contributed by atoms with Gasteiger partial charge >= 0.3 is 0 Å². The fraction of sp³-hybridized carbons (Fsp3) is 0. The Bertz CT molecular complexity index is 3170. The van der Waals surface area contributed by atoms with Gasteiger partial charge in [-0.1, -0.05) is 147 Å². The van der Waals surface area contributed by atoms with E-state index in [4.69, 9.17) is 15.0 Å². The standard InChI is InChI=1S/C45H40B11N3S/c46-30-27-28-34(50)36(52)33(49)26(25-31(47)37(53)39(55)38(54)32(25)48)41(28)60-42(27)40(56)35(51)29(30)45-58-43(23-9-5-2-6-10-23)57-44(59-45)24-17-15-22(16-18-24)21-13-11-20(12-14-21)19-7-3-1-4-8-19/h1-18H,46-56H2. The van der Waals surface area contributed by atoms with E-state index in [0.717, 1.165) is 22.3 Å². The summed E-state index contributed by atoms with van der Waals surface area (Å²) in [6.45, 7) is 0. The minimum Gasteiger partial charge on any atom is -0.208 e. The van der Waals surface area contributed by atoms with Crippen molar-refractivity contribution in [1.82, 2.24) is 15.0 Å². The smallest absolute Gasteiger partial charge is 0.164 e. The first kappa shape index (κ1) is 39.9. The molecule has 0 aliphatic rings. The largest absolute Gasteiger partial charge is 0.208 e. The second-order valence-electron chi connectivity index (χ2n) is 16.7. The van der Waals surface area contributed by atoms with Crippen molar-refractivity contribution in [1.29, 1.82) is 0 Å². The molecule has 7 aromatic carbocycles. The van der Waals surface area contributed by atoms with Crippen molar-refractivity contribution in [2.45, 2.75) is 0 Å². The summed E-state index contributed by atoms with van der Waals surface area (Å²) in [5.74, 6) is 2.04. The van der Waals surface area contributed by atoms with Gasteiger partial charge in [0.15, 0.2) is 17.5 Å². The average Bonchev–Trinajstić information content (AvgIpc) is 3.69. The lowest BCUT2D eigenvalue weighted by Crippen LogP contribution is -2.56. The molecule has 2 aromatic heterocycles. The maximum atomic E-state index is 5.33. The molecule has 9 aromatic rings. The lowest BCUT2D eigenvalue weighted by atomic mass is 9.58. The molecule has 60 heavy (non-hydrogen) atoms. The van der Waals surface area contributed by atoms with E-state index in [1.54, 1.807) is 0 Å². The van der Waals surface area contributed by atoms with Gasteiger partial charge < -0.3 is 0 Å². The van der Waals surface area contributed by atoms with E-state index in [2.05, 4.69) is 177 Å². The molecular formula is C45H40B11N3S. The minimum absolute atomic E-state index is 0.664. The molecule has 15 heteroatoms. The van der Waals surface area contributed by atoms with Gasteiger partial charge in [-0.05, 0) is 44.2 Å². The van der Waals surface area contributed by atoms with Crippen LogP contribution >= 0.6 is 11.3 Å². The first-order chi connectivity index (χ1) is 28.8. The Balaban J connectivity index is 1.23. The van der Waals surface area contributed by atoms with E-state index < -0.39 is 0 Å². The number of thiophene rings is 1. The molecule has 0 N–H and O–H groups in total. The van der Waals surface area contributed by atoms with Gasteiger partial charge in [0.2, 0.25) is 0 Å². The van der Waals surface area contributed by atoms with Crippen LogP contribution in [0.2, 0.25) is 0 Å². The van der Waals surface area contributed by atoms with Crippen molar-refractivity contribution >= 4 is 178 Å². The van der Waals surface area contributed by atoms with Gasteiger partial charge in [0.05, 0.1) is 0 Å². The number of hydrogen-bond donors (Lipinski definition) is 0. The predicted molar refractivity (Wildman–Crippen MR) is 295 cm³/mol. The zero-order chi connectivity index (χ0) is 42.1. The number of aromatic nitrogens is 3. The van der Waals surface area contributed by atoms with Crippen LogP contribution in [0.25, 0.3) is 87.7 Å². The molecule has 0 spiro atoms. The van der Waals surface area contributed by atoms with Crippen LogP contribution in [0.1, 0.15) is 0 Å². The fourth-order valence-corrected chi connectivity index (χ4v) is 10.9. The monoisotopic (exact) mass is 775 g/mol. The lowest BCUT2D eigenvalue weighted by molar-refractivity contribution is 1.08. The van der Waals surface area contributed by atoms with Crippen molar-refractivity contribution in [3.63, 3.8) is 0 Å². The van der Waals surface area contributed by atoms with Crippen LogP contribution in [0.3, 0.4) is 0 Å². The number of fused-ring (bicyclic) bond motifs is 3. The maximum Gasteiger partial charge on any atom is 0.164 e. The average molecular weight is 774 g/mol. The number of rotatable bonds is 6. The summed E-state index contributed by atoms with van der Waals surface area (Å²) >= 11 is 1.96. The molecule has 0 amide bonds. The Kier molecular flexibility index (Phi) is 10.3. The van der Waals surface area contributed by atoms with Crippen molar-refractivity contribution in [2.75, 3.05) is 0 Å². The zero-order valence-electron chi connectivity index (χ0n) is 36.6. The number of hydrogen-bond acceptors (Lipinski definition) is 4. The summed E-state index contributed by atoms with van der Waals surface area (Å²) in [5.41, 5.74) is 25.2. The van der Waals surface area contributed by atoms with E-state index >= 15 is 0 Å². The van der Waals surface area contributed by atoms with Crippen LogP contribution in [0.4, 0.5) is 0 Å². The Morgan fingerprint density at radius 3 is 1.13 bits per heavy atom. The van der Waals surface area contributed by atoms with Crippen molar-refractivity contribution in [3.05, 3.63) is 109 Å². The summed E-state index contributed by atoms with van der Waals surface area (Å²) in [6, 6.07) is 38.2. The van der Waals surface area contributed by atoms with Crippen molar-refractivity contribution in [3.8, 4) is 67.5 Å². The Morgan fingerprint density at radius 1 is 0.267 bits per heavy atom. The van der Waals surface area contributed by atoms with E-state index in [9.17, 15) is 0 Å². The first-order valence-corrected chi connectivity index (χ1v) is 21.8. The van der Waals surface area contributed by atoms with E-state index in [1.807, 2.05) is 29.5 Å². The van der Waals surface area contributed by atoms with Gasteiger partial charge in [0.1, 0.15) is 86.3 Å². The maximum absolute atomic E-state index is 5.33. The van der Waals surface area contributed by atoms with Crippen LogP contribution < -0.4 is 60.1 Å². The molecule has 9 rings (SSSR count). The predicted octanol–water partition coefficient (Wildman–Crippen LogP) is -6.92. The Hall–Kier alpha value is -5.52. The van der Waals surface area contributed by atoms with Crippen LogP contribution in [0, 0.1) is 0 Å². The molecule has 0 saturated heterocycles. The molecule has 274 valence electrons. The molecule has 0 radical (unpaired) electrons. The third kappa shape index (κ3) is 6.48. The SMILES string of the molecule is Bc1c(B)c(B)c(-c2c(B)c(B)c(B)c3c2sc2c(B)c(B)c(-c4nc(-c5ccccc5)nc(-c5ccc(-c6ccc(-c7ccccc7)cc6)cc5)n4)c(B)c23)c(B)c1B. The topological polar surface area (TPSA) is 38.7 Å². The van der Waals surface area contributed by atoms with Crippen molar-refractivity contribution in [2.24, 2.45) is 0 Å². The van der Waals surface area contributed by atoms with Gasteiger partial charge in [0.25, 0.3) is 0 Å². The first-order valence-electron chi connectivity index (χ1n) is 21.0. The van der Waals surface area contributed by atoms with Gasteiger partial charge in [0, 0.05) is 26.1 Å². The van der Waals surface area contributed by atoms with Crippen LogP contribution in [0.15, 0.2) is 109 Å². The summed E-state index contributed by atoms with van der Waals surface area (Å²) in [4.78, 5) is 15.7. The van der Waals surface area contributed by atoms with Crippen LogP contribution in [-0.4, -0.2) is 101 Å². The summed E-state index contributed by atoms with van der Waals surface area (Å²) in [6.07, 6.45) is 0. The van der Waals surface area contributed by atoms with E-state index in [0.29, 0.717) is 17.5 Å². The van der Waals surface area contributed by atoms with E-state index in [-0.39, 0.29) is 0 Å². The summed E-state index contributed by atoms with van der Waals surface area (Å²) in [7, 11) is 25.2. The number of benzene rings is 7. The Labute approximate surface area is 367 Å². The number of nitrogens with zero attached hydrogens (tertiary/aromatic N) is 3. The second-order valence-corrected chi connectivity index (χ2v) is 17.7. The molecule has 0 aliphatic carbocycles. The molecule has 0 unspecified atom stereocenters. The quantitative estimate of drug-likeness (QED) is 0.158. The fourth-order valence-electron chi connectivity index (χ4n) is 9.32. The van der Waals surface area contributed by atoms with Crippen LogP contribution in [-0.2, 0) is 0 Å². The Morgan fingerprint density at radius 2 is 0.617 bits per heavy atom. The van der Waals surface area contributed by atoms with Gasteiger partial charge in [-0.3, -0.25) is 0 Å². The molecule has 0 fully saturated rings. The van der Waals surface area contributed by atoms with Gasteiger partial charge in [-0.15, -0.1) is 33.2 Å². The summed E-state index contributed by atoms with van der Waals surface area (Å²) < 4.78 is 2.72. The second kappa shape index (κ2) is 15.5. The molecule has 3 nitrogen and oxygen atoms in total. The van der Waals surface area contributed by atoms with E-state index in [1.165, 1.54) is 108 Å². The normalized spacial score (nSPS) is 11.4. The van der Waals surface area contributed by atoms with Gasteiger partial charge in [-0.2, -0.15) is 0 Å². The highest BCUT2D eigenvalue weighted by molar-refractivity contribution is 7.28. The lowest BCUT2D eigenvalue weighted by Gasteiger charge is -2.24. The highest BCUT2D eigenvalue weighted by Gasteiger charge is 2.26. The molecule has 0 saturated carbocycles. The molecule has 2 heterocycles.